The van der Waals surface area contributed by atoms with E-state index in [1.54, 1.807) is 12.4 Å². The van der Waals surface area contributed by atoms with Crippen LogP contribution in [-0.4, -0.2) is 16.5 Å². The summed E-state index contributed by atoms with van der Waals surface area (Å²) in [7, 11) is 0. The summed E-state index contributed by atoms with van der Waals surface area (Å²) in [4.78, 5) is 8.29. The Morgan fingerprint density at radius 1 is 1.19 bits per heavy atom. The van der Waals surface area contributed by atoms with Crippen LogP contribution in [0.1, 0.15) is 44.2 Å². The number of hydrogen-bond acceptors (Lipinski definition) is 3. The first-order valence-corrected chi connectivity index (χ1v) is 6.41. The van der Waals surface area contributed by atoms with Crippen molar-refractivity contribution in [2.75, 3.05) is 6.54 Å². The fourth-order valence-electron chi connectivity index (χ4n) is 2.42. The molecule has 3 nitrogen and oxygen atoms in total. The zero-order valence-corrected chi connectivity index (χ0v) is 9.86. The Morgan fingerprint density at radius 2 is 2.06 bits per heavy atom. The summed E-state index contributed by atoms with van der Waals surface area (Å²) < 4.78 is 0. The van der Waals surface area contributed by atoms with Gasteiger partial charge in [0.2, 0.25) is 0 Å². The molecule has 88 valence electrons. The summed E-state index contributed by atoms with van der Waals surface area (Å²) in [6.07, 6.45) is 13.8. The quantitative estimate of drug-likeness (QED) is 0.773. The predicted octanol–water partition coefficient (Wildman–Crippen LogP) is 2.54. The molecule has 16 heavy (non-hydrogen) atoms. The molecule has 0 spiro atoms. The van der Waals surface area contributed by atoms with Gasteiger partial charge in [-0.1, -0.05) is 32.1 Å². The van der Waals surface area contributed by atoms with Crippen LogP contribution < -0.4 is 5.32 Å². The molecule has 2 rings (SSSR count). The molecule has 1 aliphatic carbocycles. The minimum absolute atomic E-state index is 0.848. The first-order chi connectivity index (χ1) is 7.95. The van der Waals surface area contributed by atoms with Gasteiger partial charge < -0.3 is 5.32 Å². The Labute approximate surface area is 97.7 Å². The third-order valence-corrected chi connectivity index (χ3v) is 3.38. The van der Waals surface area contributed by atoms with Gasteiger partial charge in [-0.15, -0.1) is 0 Å². The van der Waals surface area contributed by atoms with Gasteiger partial charge in [-0.3, -0.25) is 9.97 Å². The van der Waals surface area contributed by atoms with Gasteiger partial charge >= 0.3 is 0 Å². The van der Waals surface area contributed by atoms with E-state index in [1.165, 1.54) is 38.5 Å². The van der Waals surface area contributed by atoms with E-state index in [-0.39, 0.29) is 0 Å². The Morgan fingerprint density at radius 3 is 2.81 bits per heavy atom. The molecular weight excluding hydrogens is 198 g/mol. The zero-order chi connectivity index (χ0) is 11.1. The standard InChI is InChI=1S/C13H21N3/c1-2-4-12(5-3-1)6-7-14-10-13-11-15-8-9-16-13/h8-9,11-12,14H,1-7,10H2. The molecule has 0 bridgehead atoms. The molecule has 0 aromatic carbocycles. The van der Waals surface area contributed by atoms with Crippen molar-refractivity contribution in [1.29, 1.82) is 0 Å². The molecule has 1 heterocycles. The molecular formula is C13H21N3. The summed E-state index contributed by atoms with van der Waals surface area (Å²) in [5, 5.41) is 3.45. The van der Waals surface area contributed by atoms with E-state index in [1.807, 2.05) is 6.20 Å². The van der Waals surface area contributed by atoms with Crippen LogP contribution in [0.2, 0.25) is 0 Å². The van der Waals surface area contributed by atoms with E-state index in [0.717, 1.165) is 24.7 Å². The van der Waals surface area contributed by atoms with Gasteiger partial charge in [0.1, 0.15) is 0 Å². The monoisotopic (exact) mass is 219 g/mol. The van der Waals surface area contributed by atoms with Crippen molar-refractivity contribution in [3.8, 4) is 0 Å². The van der Waals surface area contributed by atoms with Gasteiger partial charge in [0, 0.05) is 25.1 Å². The van der Waals surface area contributed by atoms with Crippen LogP contribution in [0, 0.1) is 5.92 Å². The van der Waals surface area contributed by atoms with Crippen LogP contribution >= 0.6 is 0 Å². The molecule has 1 aromatic rings. The molecule has 1 fully saturated rings. The molecule has 1 aromatic heterocycles. The number of nitrogens with zero attached hydrogens (tertiary/aromatic N) is 2. The van der Waals surface area contributed by atoms with E-state index < -0.39 is 0 Å². The van der Waals surface area contributed by atoms with E-state index in [9.17, 15) is 0 Å². The highest BCUT2D eigenvalue weighted by Gasteiger charge is 2.12. The lowest BCUT2D eigenvalue weighted by Gasteiger charge is -2.21. The smallest absolute Gasteiger partial charge is 0.0724 e. The van der Waals surface area contributed by atoms with Crippen molar-refractivity contribution in [1.82, 2.24) is 15.3 Å². The second-order valence-corrected chi connectivity index (χ2v) is 4.67. The van der Waals surface area contributed by atoms with Crippen molar-refractivity contribution < 1.29 is 0 Å². The average Bonchev–Trinajstić information content (AvgIpc) is 2.37. The lowest BCUT2D eigenvalue weighted by Crippen LogP contribution is -2.19. The fourth-order valence-corrected chi connectivity index (χ4v) is 2.42. The van der Waals surface area contributed by atoms with Crippen molar-refractivity contribution in [2.24, 2.45) is 5.92 Å². The number of rotatable bonds is 5. The highest BCUT2D eigenvalue weighted by Crippen LogP contribution is 2.25. The minimum Gasteiger partial charge on any atom is -0.311 e. The van der Waals surface area contributed by atoms with Crippen LogP contribution in [0.4, 0.5) is 0 Å². The zero-order valence-electron chi connectivity index (χ0n) is 9.86. The molecule has 1 saturated carbocycles. The first-order valence-electron chi connectivity index (χ1n) is 6.41. The lowest BCUT2D eigenvalue weighted by molar-refractivity contribution is 0.333. The van der Waals surface area contributed by atoms with Crippen molar-refractivity contribution in [3.63, 3.8) is 0 Å². The van der Waals surface area contributed by atoms with Crippen LogP contribution in [-0.2, 0) is 6.54 Å². The number of nitrogens with one attached hydrogen (secondary N) is 1. The Bertz CT molecular complexity index is 280. The molecule has 0 atom stereocenters. The summed E-state index contributed by atoms with van der Waals surface area (Å²) in [5.41, 5.74) is 1.03. The molecule has 3 heteroatoms. The molecule has 1 aliphatic rings. The fraction of sp³-hybridized carbons (Fsp3) is 0.692. The molecule has 0 aliphatic heterocycles. The Balaban J connectivity index is 1.58. The second-order valence-electron chi connectivity index (χ2n) is 4.67. The SMILES string of the molecule is c1cnc(CNCCC2CCCCC2)cn1. The predicted molar refractivity (Wildman–Crippen MR) is 64.9 cm³/mol. The van der Waals surface area contributed by atoms with Gasteiger partial charge in [-0.25, -0.2) is 0 Å². The van der Waals surface area contributed by atoms with Gasteiger partial charge in [-0.05, 0) is 18.9 Å². The third-order valence-electron chi connectivity index (χ3n) is 3.38. The highest BCUT2D eigenvalue weighted by atomic mass is 14.9. The van der Waals surface area contributed by atoms with Gasteiger partial charge in [0.15, 0.2) is 0 Å². The Kier molecular flexibility index (Phi) is 4.74. The van der Waals surface area contributed by atoms with Gasteiger partial charge in [0.05, 0.1) is 5.69 Å². The van der Waals surface area contributed by atoms with E-state index in [4.69, 9.17) is 0 Å². The van der Waals surface area contributed by atoms with E-state index >= 15 is 0 Å². The van der Waals surface area contributed by atoms with E-state index in [0.29, 0.717) is 0 Å². The lowest BCUT2D eigenvalue weighted by atomic mass is 9.87. The van der Waals surface area contributed by atoms with E-state index in [2.05, 4.69) is 15.3 Å². The molecule has 0 amide bonds. The summed E-state index contributed by atoms with van der Waals surface area (Å²) in [6, 6.07) is 0. The summed E-state index contributed by atoms with van der Waals surface area (Å²) in [5.74, 6) is 0.961. The maximum Gasteiger partial charge on any atom is 0.0724 e. The van der Waals surface area contributed by atoms with Gasteiger partial charge in [-0.2, -0.15) is 0 Å². The molecule has 0 saturated heterocycles. The van der Waals surface area contributed by atoms with Crippen LogP contribution in [0.25, 0.3) is 0 Å². The average molecular weight is 219 g/mol. The summed E-state index contributed by atoms with van der Waals surface area (Å²) in [6.45, 7) is 1.96. The topological polar surface area (TPSA) is 37.8 Å². The summed E-state index contributed by atoms with van der Waals surface area (Å²) >= 11 is 0. The second kappa shape index (κ2) is 6.59. The largest absolute Gasteiger partial charge is 0.311 e. The molecule has 1 N–H and O–H groups in total. The number of hydrogen-bond donors (Lipinski definition) is 1. The van der Waals surface area contributed by atoms with Crippen molar-refractivity contribution in [3.05, 3.63) is 24.3 Å². The van der Waals surface area contributed by atoms with Crippen molar-refractivity contribution >= 4 is 0 Å². The van der Waals surface area contributed by atoms with Crippen LogP contribution in [0.5, 0.6) is 0 Å². The molecule has 0 radical (unpaired) electrons. The van der Waals surface area contributed by atoms with Crippen LogP contribution in [0.15, 0.2) is 18.6 Å². The normalized spacial score (nSPS) is 17.5. The number of aromatic nitrogens is 2. The highest BCUT2D eigenvalue weighted by molar-refractivity contribution is 4.93. The van der Waals surface area contributed by atoms with Crippen molar-refractivity contribution in [2.45, 2.75) is 45.1 Å². The third kappa shape index (κ3) is 3.89. The Hall–Kier alpha value is -0.960. The molecule has 0 unspecified atom stereocenters. The van der Waals surface area contributed by atoms with Crippen LogP contribution in [0.3, 0.4) is 0 Å². The maximum atomic E-state index is 4.24. The minimum atomic E-state index is 0.848. The first kappa shape index (κ1) is 11.5. The maximum absolute atomic E-state index is 4.24. The van der Waals surface area contributed by atoms with Gasteiger partial charge in [0.25, 0.3) is 0 Å².